The van der Waals surface area contributed by atoms with Crippen molar-refractivity contribution in [1.29, 1.82) is 0 Å². The molecule has 0 radical (unpaired) electrons. The molecule has 3 aromatic carbocycles. The minimum Gasteiger partial charge on any atom is -0.497 e. The molecule has 0 spiro atoms. The molecule has 0 aromatic heterocycles. The zero-order valence-electron chi connectivity index (χ0n) is 16.8. The monoisotopic (exact) mass is 474 g/mol. The highest BCUT2D eigenvalue weighted by Crippen LogP contribution is 2.26. The number of primary sulfonamides is 1. The van der Waals surface area contributed by atoms with Crippen molar-refractivity contribution in [1.82, 2.24) is 0 Å². The van der Waals surface area contributed by atoms with Crippen LogP contribution < -0.4 is 15.2 Å². The van der Waals surface area contributed by atoms with Crippen LogP contribution in [0.3, 0.4) is 0 Å². The highest BCUT2D eigenvalue weighted by Gasteiger charge is 2.27. The Morgan fingerprint density at radius 2 is 1.66 bits per heavy atom. The molecule has 3 rings (SSSR count). The molecule has 3 N–H and O–H groups in total. The summed E-state index contributed by atoms with van der Waals surface area (Å²) in [6, 6.07) is 18.3. The minimum absolute atomic E-state index is 0.0511. The molecular weight excluding hydrogens is 456 g/mol. The molecule has 32 heavy (non-hydrogen) atoms. The van der Waals surface area contributed by atoms with E-state index in [0.717, 1.165) is 6.07 Å². The van der Waals surface area contributed by atoms with Crippen LogP contribution in [0.25, 0.3) is 0 Å². The number of halogens is 1. The fraction of sp³-hybridized carbons (Fsp3) is 0.0909. The normalized spacial score (nSPS) is 12.0. The first-order chi connectivity index (χ1) is 15.2. The summed E-state index contributed by atoms with van der Waals surface area (Å²) in [6.45, 7) is 0. The lowest BCUT2D eigenvalue weighted by Crippen LogP contribution is -2.26. The van der Waals surface area contributed by atoms with Gasteiger partial charge in [0.15, 0.2) is 0 Å². The van der Waals surface area contributed by atoms with E-state index in [9.17, 15) is 18.0 Å². The van der Waals surface area contributed by atoms with Crippen LogP contribution >= 0.6 is 11.6 Å². The highest BCUT2D eigenvalue weighted by molar-refractivity contribution is 7.89. The number of hydrogen-bond donors (Lipinski definition) is 2. The molecule has 0 saturated heterocycles. The molecular formula is C22H19ClN2O6S. The summed E-state index contributed by atoms with van der Waals surface area (Å²) >= 11 is 6.06. The number of nitrogens with two attached hydrogens (primary N) is 1. The number of hydrogen-bond acceptors (Lipinski definition) is 6. The Morgan fingerprint density at radius 3 is 2.25 bits per heavy atom. The van der Waals surface area contributed by atoms with Gasteiger partial charge in [0.2, 0.25) is 16.1 Å². The first kappa shape index (κ1) is 23.3. The molecule has 8 nitrogen and oxygen atoms in total. The maximum atomic E-state index is 13.0. The average Bonchev–Trinajstić information content (AvgIpc) is 2.77. The van der Waals surface area contributed by atoms with Crippen LogP contribution in [0.4, 0.5) is 5.69 Å². The molecule has 1 amide bonds. The molecule has 10 heteroatoms. The smallest absolute Gasteiger partial charge is 0.340 e. The molecule has 0 aliphatic rings. The quantitative estimate of drug-likeness (QED) is 0.504. The fourth-order valence-electron chi connectivity index (χ4n) is 2.79. The van der Waals surface area contributed by atoms with Crippen LogP contribution in [0, 0.1) is 0 Å². The van der Waals surface area contributed by atoms with E-state index in [1.807, 2.05) is 0 Å². The number of benzene rings is 3. The van der Waals surface area contributed by atoms with Gasteiger partial charge in [0.1, 0.15) is 5.75 Å². The van der Waals surface area contributed by atoms with Crippen molar-refractivity contribution < 1.29 is 27.5 Å². The van der Waals surface area contributed by atoms with Crippen molar-refractivity contribution in [3.63, 3.8) is 0 Å². The van der Waals surface area contributed by atoms with Crippen LogP contribution in [0.2, 0.25) is 5.02 Å². The number of sulfonamides is 1. The molecule has 0 heterocycles. The second kappa shape index (κ2) is 9.82. The molecule has 1 unspecified atom stereocenters. The second-order valence-corrected chi connectivity index (χ2v) is 8.57. The predicted octanol–water partition coefficient (Wildman–Crippen LogP) is 3.53. The summed E-state index contributed by atoms with van der Waals surface area (Å²) in [6.07, 6.45) is -1.33. The fourth-order valence-corrected chi connectivity index (χ4v) is 3.53. The van der Waals surface area contributed by atoms with E-state index < -0.39 is 28.0 Å². The number of nitrogens with one attached hydrogen (secondary N) is 1. The third-order valence-corrected chi connectivity index (χ3v) is 5.65. The summed E-state index contributed by atoms with van der Waals surface area (Å²) in [5.74, 6) is -0.994. The van der Waals surface area contributed by atoms with Crippen LogP contribution in [0.1, 0.15) is 22.0 Å². The Kier molecular flexibility index (Phi) is 7.14. The zero-order valence-corrected chi connectivity index (χ0v) is 18.4. The lowest BCUT2D eigenvalue weighted by atomic mass is 10.1. The van der Waals surface area contributed by atoms with Crippen LogP contribution in [0.15, 0.2) is 77.7 Å². The Morgan fingerprint density at radius 1 is 1.00 bits per heavy atom. The number of carbonyl (C=O) groups excluding carboxylic acids is 2. The summed E-state index contributed by atoms with van der Waals surface area (Å²) in [5.41, 5.74) is 0.629. The maximum absolute atomic E-state index is 13.0. The van der Waals surface area contributed by atoms with E-state index >= 15 is 0 Å². The number of ether oxygens (including phenoxy) is 2. The van der Waals surface area contributed by atoms with Gasteiger partial charge >= 0.3 is 5.97 Å². The van der Waals surface area contributed by atoms with Crippen molar-refractivity contribution >= 4 is 39.2 Å². The molecule has 0 aliphatic heterocycles. The predicted molar refractivity (Wildman–Crippen MR) is 119 cm³/mol. The first-order valence-electron chi connectivity index (χ1n) is 9.22. The average molecular weight is 475 g/mol. The SMILES string of the molecule is COc1ccc(NC(=O)C(OC(=O)c2cc(S(N)(=O)=O)ccc2Cl)c2ccccc2)cc1. The number of amides is 1. The van der Waals surface area contributed by atoms with Crippen molar-refractivity contribution in [3.05, 3.63) is 88.9 Å². The second-order valence-electron chi connectivity index (χ2n) is 6.60. The van der Waals surface area contributed by atoms with Crippen LogP contribution in [0.5, 0.6) is 5.75 Å². The first-order valence-corrected chi connectivity index (χ1v) is 11.1. The van der Waals surface area contributed by atoms with Gasteiger partial charge in [0, 0.05) is 11.3 Å². The number of carbonyl (C=O) groups is 2. The molecule has 1 atom stereocenters. The summed E-state index contributed by atoms with van der Waals surface area (Å²) in [7, 11) is -2.55. The van der Waals surface area contributed by atoms with E-state index in [-0.39, 0.29) is 15.5 Å². The van der Waals surface area contributed by atoms with Gasteiger partial charge in [-0.1, -0.05) is 41.9 Å². The molecule has 0 aliphatic carbocycles. The largest absolute Gasteiger partial charge is 0.497 e. The third kappa shape index (κ3) is 5.64. The van der Waals surface area contributed by atoms with E-state index in [0.29, 0.717) is 17.0 Å². The van der Waals surface area contributed by atoms with Gasteiger partial charge in [-0.25, -0.2) is 18.4 Å². The van der Waals surface area contributed by atoms with E-state index in [4.69, 9.17) is 26.2 Å². The molecule has 166 valence electrons. The number of esters is 1. The third-order valence-electron chi connectivity index (χ3n) is 4.41. The summed E-state index contributed by atoms with van der Waals surface area (Å²) in [4.78, 5) is 25.5. The molecule has 3 aromatic rings. The molecule has 0 saturated carbocycles. The lowest BCUT2D eigenvalue weighted by Gasteiger charge is -2.19. The van der Waals surface area contributed by atoms with Gasteiger partial charge in [0.05, 0.1) is 22.6 Å². The Labute approximate surface area is 190 Å². The van der Waals surface area contributed by atoms with Gasteiger partial charge < -0.3 is 14.8 Å². The van der Waals surface area contributed by atoms with E-state index in [1.54, 1.807) is 54.6 Å². The van der Waals surface area contributed by atoms with Gasteiger partial charge in [0.25, 0.3) is 5.91 Å². The van der Waals surface area contributed by atoms with E-state index in [2.05, 4.69) is 5.32 Å². The van der Waals surface area contributed by atoms with E-state index in [1.165, 1.54) is 19.2 Å². The van der Waals surface area contributed by atoms with Crippen molar-refractivity contribution in [2.45, 2.75) is 11.0 Å². The maximum Gasteiger partial charge on any atom is 0.340 e. The van der Waals surface area contributed by atoms with Crippen LogP contribution in [-0.4, -0.2) is 27.4 Å². The Hall–Kier alpha value is -3.40. The lowest BCUT2D eigenvalue weighted by molar-refractivity contribution is -0.125. The highest BCUT2D eigenvalue weighted by atomic mass is 35.5. The van der Waals surface area contributed by atoms with Crippen LogP contribution in [-0.2, 0) is 19.6 Å². The summed E-state index contributed by atoms with van der Waals surface area (Å²) in [5, 5.41) is 7.75. The molecule has 0 bridgehead atoms. The number of methoxy groups -OCH3 is 1. The van der Waals surface area contributed by atoms with Crippen molar-refractivity contribution in [2.24, 2.45) is 5.14 Å². The molecule has 0 fully saturated rings. The van der Waals surface area contributed by atoms with Crippen molar-refractivity contribution in [2.75, 3.05) is 12.4 Å². The zero-order chi connectivity index (χ0) is 23.3. The number of anilines is 1. The van der Waals surface area contributed by atoms with Gasteiger partial charge in [-0.05, 0) is 42.5 Å². The Balaban J connectivity index is 1.90. The minimum atomic E-state index is -4.07. The van der Waals surface area contributed by atoms with Gasteiger partial charge in [-0.2, -0.15) is 0 Å². The van der Waals surface area contributed by atoms with Gasteiger partial charge in [-0.15, -0.1) is 0 Å². The number of rotatable bonds is 7. The summed E-state index contributed by atoms with van der Waals surface area (Å²) < 4.78 is 33.8. The van der Waals surface area contributed by atoms with Crippen molar-refractivity contribution in [3.8, 4) is 5.75 Å². The van der Waals surface area contributed by atoms with Gasteiger partial charge in [-0.3, -0.25) is 4.79 Å². The topological polar surface area (TPSA) is 125 Å². The Bertz CT molecular complexity index is 1230. The standard InChI is InChI=1S/C22H19ClN2O6S/c1-30-16-9-7-15(8-10-16)25-21(26)20(14-5-3-2-4-6-14)31-22(27)18-13-17(32(24,28)29)11-12-19(18)23/h2-13,20H,1H3,(H,25,26)(H2,24,28,29).